The van der Waals surface area contributed by atoms with Gasteiger partial charge in [-0.05, 0) is 31.0 Å². The van der Waals surface area contributed by atoms with Gasteiger partial charge in [-0.25, -0.2) is 9.78 Å². The van der Waals surface area contributed by atoms with Gasteiger partial charge in [0, 0.05) is 56.0 Å². The predicted molar refractivity (Wildman–Crippen MR) is 105 cm³/mol. The Morgan fingerprint density at radius 3 is 2.90 bits per heavy atom. The molecule has 3 aromatic rings. The Labute approximate surface area is 166 Å². The summed E-state index contributed by atoms with van der Waals surface area (Å²) in [5, 5.41) is 0.773. The lowest BCUT2D eigenvalue weighted by atomic mass is 9.93. The molecule has 8 nitrogen and oxygen atoms in total. The fourth-order valence-electron chi connectivity index (χ4n) is 3.57. The number of rotatable bonds is 5. The highest BCUT2D eigenvalue weighted by Gasteiger charge is 2.30. The number of hydrogen-bond acceptors (Lipinski definition) is 6. The summed E-state index contributed by atoms with van der Waals surface area (Å²) in [7, 11) is 1.78. The lowest BCUT2D eigenvalue weighted by Crippen LogP contribution is -2.44. The molecule has 2 aromatic heterocycles. The second-order valence-electron chi connectivity index (χ2n) is 7.15. The fourth-order valence-corrected chi connectivity index (χ4v) is 3.57. The molecule has 0 N–H and O–H groups in total. The third-order valence-corrected chi connectivity index (χ3v) is 5.14. The number of benzene rings is 1. The van der Waals surface area contributed by atoms with Crippen LogP contribution in [0, 0.1) is 5.92 Å². The molecule has 0 aliphatic carbocycles. The molecule has 4 rings (SSSR count). The molecule has 150 valence electrons. The molecule has 29 heavy (non-hydrogen) atoms. The molecule has 1 saturated heterocycles. The molecule has 1 aliphatic heterocycles. The van der Waals surface area contributed by atoms with Crippen LogP contribution in [0.4, 0.5) is 0 Å². The highest BCUT2D eigenvalue weighted by atomic mass is 16.5. The second-order valence-corrected chi connectivity index (χ2v) is 7.15. The Balaban J connectivity index is 1.39. The minimum atomic E-state index is -0.442. The van der Waals surface area contributed by atoms with Crippen LogP contribution in [0.3, 0.4) is 0 Å². The van der Waals surface area contributed by atoms with E-state index in [-0.39, 0.29) is 24.2 Å². The first-order valence-corrected chi connectivity index (χ1v) is 9.47. The van der Waals surface area contributed by atoms with Crippen LogP contribution < -0.4 is 10.4 Å². The highest BCUT2D eigenvalue weighted by Crippen LogP contribution is 2.22. The summed E-state index contributed by atoms with van der Waals surface area (Å²) in [6.45, 7) is 0.811. The van der Waals surface area contributed by atoms with Crippen LogP contribution in [0.2, 0.25) is 0 Å². The van der Waals surface area contributed by atoms with Crippen molar-refractivity contribution < 1.29 is 18.7 Å². The summed E-state index contributed by atoms with van der Waals surface area (Å²) < 4.78 is 12.4. The summed E-state index contributed by atoms with van der Waals surface area (Å²) in [5.74, 6) is 0.372. The predicted octanol–water partition coefficient (Wildman–Crippen LogP) is 2.03. The Bertz CT molecular complexity index is 1120. The van der Waals surface area contributed by atoms with E-state index in [2.05, 4.69) is 4.98 Å². The van der Waals surface area contributed by atoms with E-state index in [0.29, 0.717) is 30.2 Å². The molecule has 0 saturated carbocycles. The van der Waals surface area contributed by atoms with Gasteiger partial charge in [-0.1, -0.05) is 0 Å². The summed E-state index contributed by atoms with van der Waals surface area (Å²) in [4.78, 5) is 42.4. The molecule has 3 heterocycles. The number of aromatic nitrogens is 2. The van der Waals surface area contributed by atoms with Crippen molar-refractivity contribution in [1.82, 2.24) is 14.5 Å². The van der Waals surface area contributed by atoms with Crippen molar-refractivity contribution in [3.8, 4) is 5.75 Å². The number of piperidine rings is 1. The second kappa shape index (κ2) is 7.90. The van der Waals surface area contributed by atoms with Crippen molar-refractivity contribution in [2.24, 2.45) is 13.0 Å². The fraction of sp³-hybridized carbons (Fsp3) is 0.333. The minimum absolute atomic E-state index is 0.0412. The molecule has 1 atom stereocenters. The SMILES string of the molecule is Cn1ccnc1C(=O)C1CCCN(C(=O)COc2ccc3ccc(=O)oc3c2)C1. The van der Waals surface area contributed by atoms with E-state index in [1.54, 1.807) is 53.2 Å². The number of amides is 1. The summed E-state index contributed by atoms with van der Waals surface area (Å²) in [5.41, 5.74) is -0.0383. The maximum absolute atomic E-state index is 12.7. The third-order valence-electron chi connectivity index (χ3n) is 5.14. The molecular weight excluding hydrogens is 374 g/mol. The Hall–Kier alpha value is -3.42. The molecule has 1 amide bonds. The topological polar surface area (TPSA) is 94.6 Å². The number of carbonyl (C=O) groups is 2. The minimum Gasteiger partial charge on any atom is -0.484 e. The van der Waals surface area contributed by atoms with Gasteiger partial charge in [0.1, 0.15) is 11.3 Å². The van der Waals surface area contributed by atoms with E-state index in [9.17, 15) is 14.4 Å². The van der Waals surface area contributed by atoms with Crippen LogP contribution in [-0.2, 0) is 11.8 Å². The molecule has 1 aliphatic rings. The van der Waals surface area contributed by atoms with Gasteiger partial charge in [0.2, 0.25) is 5.78 Å². The van der Waals surface area contributed by atoms with Crippen LogP contribution in [0.1, 0.15) is 23.5 Å². The molecule has 8 heteroatoms. The number of fused-ring (bicyclic) bond motifs is 1. The number of Topliss-reactive ketones (excluding diaryl/α,β-unsaturated/α-hetero) is 1. The van der Waals surface area contributed by atoms with Gasteiger partial charge in [-0.2, -0.15) is 0 Å². The lowest BCUT2D eigenvalue weighted by Gasteiger charge is -2.31. The first-order valence-electron chi connectivity index (χ1n) is 9.47. The number of likely N-dealkylation sites (tertiary alicyclic amines) is 1. The van der Waals surface area contributed by atoms with Crippen molar-refractivity contribution in [2.45, 2.75) is 12.8 Å². The average Bonchev–Trinajstić information content (AvgIpc) is 3.17. The van der Waals surface area contributed by atoms with E-state index in [0.717, 1.165) is 18.2 Å². The highest BCUT2D eigenvalue weighted by molar-refractivity contribution is 5.95. The van der Waals surface area contributed by atoms with E-state index in [1.165, 1.54) is 6.07 Å². The van der Waals surface area contributed by atoms with Gasteiger partial charge in [0.25, 0.3) is 5.91 Å². The standard InChI is InChI=1S/C21H21N3O5/c1-23-10-8-22-21(23)20(27)15-3-2-9-24(12-15)18(25)13-28-16-6-4-14-5-7-19(26)29-17(14)11-16/h4-8,10-11,15H,2-3,9,12-13H2,1H3. The van der Waals surface area contributed by atoms with Crippen LogP contribution >= 0.6 is 0 Å². The number of nitrogens with zero attached hydrogens (tertiary/aromatic N) is 3. The largest absolute Gasteiger partial charge is 0.484 e. The van der Waals surface area contributed by atoms with Gasteiger partial charge in [-0.3, -0.25) is 9.59 Å². The normalized spacial score (nSPS) is 16.7. The molecule has 0 spiro atoms. The quantitative estimate of drug-likeness (QED) is 0.485. The molecule has 1 unspecified atom stereocenters. The number of carbonyl (C=O) groups excluding carboxylic acids is 2. The Kier molecular flexibility index (Phi) is 5.16. The maximum atomic E-state index is 12.7. The van der Waals surface area contributed by atoms with Crippen molar-refractivity contribution in [2.75, 3.05) is 19.7 Å². The lowest BCUT2D eigenvalue weighted by molar-refractivity contribution is -0.134. The number of aryl methyl sites for hydroxylation is 1. The molecule has 0 bridgehead atoms. The van der Waals surface area contributed by atoms with Crippen molar-refractivity contribution >= 4 is 22.7 Å². The van der Waals surface area contributed by atoms with Crippen LogP contribution in [0.15, 0.2) is 51.9 Å². The van der Waals surface area contributed by atoms with Crippen LogP contribution in [0.5, 0.6) is 5.75 Å². The Morgan fingerprint density at radius 2 is 2.10 bits per heavy atom. The van der Waals surface area contributed by atoms with Crippen LogP contribution in [-0.4, -0.2) is 45.8 Å². The number of imidazole rings is 1. The summed E-state index contributed by atoms with van der Waals surface area (Å²) in [6, 6.07) is 8.10. The average molecular weight is 395 g/mol. The van der Waals surface area contributed by atoms with E-state index >= 15 is 0 Å². The maximum Gasteiger partial charge on any atom is 0.336 e. The van der Waals surface area contributed by atoms with Crippen LogP contribution in [0.25, 0.3) is 11.0 Å². The van der Waals surface area contributed by atoms with Crippen molar-refractivity contribution in [1.29, 1.82) is 0 Å². The zero-order valence-electron chi connectivity index (χ0n) is 16.0. The van der Waals surface area contributed by atoms with Crippen molar-refractivity contribution in [3.63, 3.8) is 0 Å². The molecule has 1 aromatic carbocycles. The third kappa shape index (κ3) is 4.06. The van der Waals surface area contributed by atoms with E-state index in [4.69, 9.17) is 9.15 Å². The first kappa shape index (κ1) is 18.9. The molecule has 0 radical (unpaired) electrons. The van der Waals surface area contributed by atoms with E-state index in [1.807, 2.05) is 0 Å². The van der Waals surface area contributed by atoms with Crippen molar-refractivity contribution in [3.05, 3.63) is 59.0 Å². The summed E-state index contributed by atoms with van der Waals surface area (Å²) >= 11 is 0. The van der Waals surface area contributed by atoms with Gasteiger partial charge in [0.15, 0.2) is 12.4 Å². The Morgan fingerprint density at radius 1 is 1.28 bits per heavy atom. The smallest absolute Gasteiger partial charge is 0.336 e. The monoisotopic (exact) mass is 395 g/mol. The van der Waals surface area contributed by atoms with Gasteiger partial charge in [-0.15, -0.1) is 0 Å². The zero-order valence-corrected chi connectivity index (χ0v) is 16.0. The number of ether oxygens (including phenoxy) is 1. The summed E-state index contributed by atoms with van der Waals surface area (Å²) in [6.07, 6.45) is 4.82. The first-order chi connectivity index (χ1) is 14.0. The molecular formula is C21H21N3O5. The van der Waals surface area contributed by atoms with Gasteiger partial charge < -0.3 is 18.6 Å². The van der Waals surface area contributed by atoms with Gasteiger partial charge >= 0.3 is 5.63 Å². The number of ketones is 1. The molecule has 1 fully saturated rings. The van der Waals surface area contributed by atoms with Gasteiger partial charge in [0.05, 0.1) is 0 Å². The number of hydrogen-bond donors (Lipinski definition) is 0. The zero-order chi connectivity index (χ0) is 20.4. The van der Waals surface area contributed by atoms with E-state index < -0.39 is 5.63 Å².